The average Bonchev–Trinajstić information content (AvgIpc) is 1.36. The number of unbranched alkanes of at least 4 members (excludes halogenated alkanes) is 12. The van der Waals surface area contributed by atoms with Crippen LogP contribution in [0.25, 0.3) is 11.0 Å². The Balaban J connectivity index is 0.000000635. The number of phosphoric acid groups is 3. The Kier molecular flexibility index (Phi) is 44.4. The number of aromatic nitrogens is 6. The molecule has 2 saturated heterocycles. The second-order valence-corrected chi connectivity index (χ2v) is 48.1. The Hall–Kier alpha value is -0.300. The van der Waals surface area contributed by atoms with Gasteiger partial charge >= 0.3 is 135 Å². The number of nitrogen functional groups attached to an aromatic ring is 2. The normalized spacial score (nSPS) is 23.5. The van der Waals surface area contributed by atoms with E-state index in [4.69, 9.17) is 42.5 Å². The van der Waals surface area contributed by atoms with Crippen LogP contribution in [-0.4, -0.2) is 138 Å². The number of phosphoric ester groups is 1. The number of rotatable bonds is 36. The van der Waals surface area contributed by atoms with Gasteiger partial charge in [0, 0.05) is 0 Å². The molecular weight excluding hydrogens is 1470 g/mol. The third-order valence-corrected chi connectivity index (χ3v) is 38.0. The van der Waals surface area contributed by atoms with Gasteiger partial charge in [0.25, 0.3) is 0 Å². The second-order valence-electron chi connectivity index (χ2n) is 21.5. The van der Waals surface area contributed by atoms with Gasteiger partial charge in [-0.15, -0.1) is 26.8 Å². The van der Waals surface area contributed by atoms with E-state index in [2.05, 4.69) is 112 Å². The molecule has 554 valence electrons. The Morgan fingerprint density at radius 3 is 1.42 bits per heavy atom. The summed E-state index contributed by atoms with van der Waals surface area (Å²) in [5, 5.41) is 64.0. The van der Waals surface area contributed by atoms with Gasteiger partial charge in [0.1, 0.15) is 59.3 Å². The van der Waals surface area contributed by atoms with E-state index < -0.39 is 107 Å². The summed E-state index contributed by atoms with van der Waals surface area (Å²) in [6.07, 6.45) is 12.8. The predicted molar refractivity (Wildman–Crippen MR) is 377 cm³/mol. The molecule has 0 spiro atoms. The van der Waals surface area contributed by atoms with E-state index in [1.807, 2.05) is 13.8 Å². The summed E-state index contributed by atoms with van der Waals surface area (Å²) in [5.74, 6) is 0.369. The molecule has 0 aliphatic carbocycles. The van der Waals surface area contributed by atoms with E-state index in [-0.39, 0.29) is 43.8 Å². The number of hydrogen-bond donors (Lipinski definition) is 13. The molecule has 4 aromatic rings. The summed E-state index contributed by atoms with van der Waals surface area (Å²) in [6, 6.07) is 6.22. The van der Waals surface area contributed by atoms with Crippen LogP contribution in [0.5, 0.6) is 0 Å². The number of aliphatic hydroxyl groups is 3. The molecule has 95 heavy (non-hydrogen) atoms. The molecular formula is C50H103F2N10O22P11. The topological polar surface area (TPSA) is 484 Å². The molecule has 0 bridgehead atoms. The third-order valence-electron chi connectivity index (χ3n) is 14.5. The standard InChI is InChI=1S/C13H20FN4O12P3.C13H17FN4O3.C8H22N2O7P2.2C8H18.H8P6/c1-2-13(5-27-32(23,24)30-33(25,26)29-31(20,21)22)11(19)9(14)10(28-13)7-3-4-8-12(15)16-6-17-18(7)8;1-2-13(5-19)11(20)9(14)10(21-13)7-3-4-8-12(15)16-6-17-18(7)8;1-3-5-7-9-19(16-12,17-15-11,18(13)14)10-8-6-4-2;2*1-3-5-7-8-6-4-2;1-4-5-6(2)3/h3-4,6,9-11,19H,2,5H2,1H3,(H,23,24)(H,25,26)(H2,15,16,17)(H2,20,21,22);3-4,6,9-11,19-20H,2,5H2,1H3,(H2,15,16,17);9-12H,3-8H2,1-2H3;2*3-8H2,1-2H3;4-5H,1-3H2/t2*9-,10-,11-,13+;;;;/m00..../s1/i;;;;;5T. The Bertz CT molecular complexity index is 2970. The molecule has 0 aromatic carbocycles. The monoisotopic (exact) mass is 1580 g/mol. The number of nitrogens with zero attached hydrogens (tertiary/aromatic N) is 6. The molecule has 0 amide bonds. The fourth-order valence-electron chi connectivity index (χ4n) is 9.15. The number of fused-ring (bicyclic) bond motifs is 2. The number of halogens is 2. The van der Waals surface area contributed by atoms with Gasteiger partial charge in [0.05, 0.1) is 25.9 Å². The average molecular weight is 1580 g/mol. The van der Waals surface area contributed by atoms with E-state index in [9.17, 15) is 52.7 Å². The van der Waals surface area contributed by atoms with Crippen molar-refractivity contribution in [1.29, 1.82) is 1.28 Å². The number of ether oxygens (including phenoxy) is 2. The van der Waals surface area contributed by atoms with Crippen LogP contribution in [0.2, 0.25) is 0 Å². The van der Waals surface area contributed by atoms with Crippen molar-refractivity contribution in [3.63, 3.8) is 0 Å². The van der Waals surface area contributed by atoms with Crippen LogP contribution < -0.4 is 26.5 Å². The van der Waals surface area contributed by atoms with Crippen LogP contribution in [0.15, 0.2) is 36.9 Å². The smallest absolute Gasteiger partial charge is 0.393 e. The first-order valence-electron chi connectivity index (χ1n) is 31.2. The van der Waals surface area contributed by atoms with Crippen molar-refractivity contribution in [2.45, 2.75) is 219 Å². The van der Waals surface area contributed by atoms with E-state index in [0.717, 1.165) is 27.1 Å². The second kappa shape index (κ2) is 46.4. The first-order valence-corrected chi connectivity index (χ1v) is 49.1. The minimum Gasteiger partial charge on any atom is -0.393 e. The Morgan fingerprint density at radius 1 is 0.716 bits per heavy atom. The van der Waals surface area contributed by atoms with Crippen LogP contribution in [0.3, 0.4) is 0 Å². The van der Waals surface area contributed by atoms with Crippen molar-refractivity contribution in [1.82, 2.24) is 39.4 Å². The summed E-state index contributed by atoms with van der Waals surface area (Å²) < 4.78 is 117. The fraction of sp³-hybridized carbons (Fsp3) is 0.760. The van der Waals surface area contributed by atoms with Crippen LogP contribution in [0.1, 0.15) is 195 Å². The Morgan fingerprint density at radius 2 is 1.12 bits per heavy atom. The van der Waals surface area contributed by atoms with Crippen molar-refractivity contribution in [2.75, 3.05) is 37.8 Å². The zero-order chi connectivity index (χ0) is 73.2. The number of alkyl halides is 2. The molecule has 15 N–H and O–H groups in total. The van der Waals surface area contributed by atoms with Crippen molar-refractivity contribution in [3.05, 3.63) is 48.3 Å². The number of nitrogens with two attached hydrogens (primary N) is 2. The maximum absolute atomic E-state index is 15.1. The van der Waals surface area contributed by atoms with Crippen molar-refractivity contribution < 1.29 is 114 Å². The quantitative estimate of drug-likeness (QED) is 0.00870. The van der Waals surface area contributed by atoms with Gasteiger partial charge in [0.15, 0.2) is 24.0 Å². The largest absolute Gasteiger partial charge is 0.490 e. The minimum atomic E-state index is -5.75. The minimum absolute atomic E-state index is 0.0969. The summed E-state index contributed by atoms with van der Waals surface area (Å²) >= 11 is 0. The molecule has 0 saturated carbocycles. The van der Waals surface area contributed by atoms with Crippen LogP contribution in [0.4, 0.5) is 20.4 Å². The molecule has 6 heterocycles. The van der Waals surface area contributed by atoms with E-state index in [1.165, 1.54) is 111 Å². The Labute approximate surface area is 568 Å². The third kappa shape index (κ3) is 29.4. The van der Waals surface area contributed by atoms with Gasteiger partial charge in [-0.3, -0.25) is 4.52 Å². The van der Waals surface area contributed by atoms with E-state index >= 15 is 4.39 Å². The van der Waals surface area contributed by atoms with E-state index in [0.29, 0.717) is 36.0 Å². The van der Waals surface area contributed by atoms with Gasteiger partial charge < -0.3 is 55.8 Å². The number of hydrogen-bond acceptors (Lipinski definition) is 26. The van der Waals surface area contributed by atoms with Gasteiger partial charge in [-0.2, -0.15) is 18.8 Å². The van der Waals surface area contributed by atoms with Crippen LogP contribution in [0, 0.1) is 0 Å². The first kappa shape index (κ1) is 90.8. The summed E-state index contributed by atoms with van der Waals surface area (Å²) in [6.45, 7) is 14.8. The molecule has 32 nitrogen and oxygen atoms in total. The maximum atomic E-state index is 15.1. The molecule has 0 radical (unpaired) electrons. The van der Waals surface area contributed by atoms with Gasteiger partial charge in [-0.1, -0.05) is 134 Å². The molecule has 6 rings (SSSR count). The first-order chi connectivity index (χ1) is 45.1. The molecule has 2 fully saturated rings. The predicted octanol–water partition coefficient (Wildman–Crippen LogP) is 12.5. The van der Waals surface area contributed by atoms with Crippen LogP contribution >= 0.6 is 87.9 Å². The number of nitrogens with one attached hydrogen (secondary N) is 2. The van der Waals surface area contributed by atoms with Gasteiger partial charge in [0.2, 0.25) is 0 Å². The summed E-state index contributed by atoms with van der Waals surface area (Å²) in [5.41, 5.74) is 9.69. The molecule has 2 aliphatic heterocycles. The molecule has 8 unspecified atom stereocenters. The summed E-state index contributed by atoms with van der Waals surface area (Å²) in [4.78, 5) is 55.2. The van der Waals surface area contributed by atoms with Crippen molar-refractivity contribution >= 4 is 111 Å². The molecule has 2 aliphatic rings. The number of anilines is 2. The molecule has 45 heteroatoms. The van der Waals surface area contributed by atoms with Crippen molar-refractivity contribution in [3.8, 4) is 0 Å². The van der Waals surface area contributed by atoms with Crippen LogP contribution in [-0.2, 0) is 55.3 Å². The SMILES string of the molecule is CCCCCCCC.CCCCCCCC.CCCCNP(NCCCC)(OO)(OOO)[P+](=O)[O-].CC[C@]1(CO)O[C@@H](c2ccc3c(N)ncnn23)[C@H](F)[C@@H]1O.CC[C@]1(COP(=O)(O)OP(=O)(O)OP(=O)(O)O)O[C@@H](c2ccc3c(N)ncnn23)[C@H](F)[C@@H]1O.[3H]P(PP)P(P)P. The zero-order valence-corrected chi connectivity index (χ0v) is 65.5. The van der Waals surface area contributed by atoms with Gasteiger partial charge in [-0.05, 0) is 44.1 Å². The maximum Gasteiger partial charge on any atom is 0.490 e. The van der Waals surface area contributed by atoms with Gasteiger partial charge in [-0.25, -0.2) is 41.5 Å². The van der Waals surface area contributed by atoms with E-state index in [1.54, 1.807) is 19.1 Å². The number of aliphatic hydroxyl groups excluding tert-OH is 3. The summed E-state index contributed by atoms with van der Waals surface area (Å²) in [7, 11) is -16.9. The fourth-order valence-corrected chi connectivity index (χ4v) is 32.0. The zero-order valence-electron chi connectivity index (χ0n) is 55.8. The molecule has 16 atom stereocenters. The molecule has 4 aromatic heterocycles. The van der Waals surface area contributed by atoms with Crippen molar-refractivity contribution in [2.24, 2.45) is 0 Å².